The van der Waals surface area contributed by atoms with E-state index in [1.165, 1.54) is 6.08 Å². The molecule has 0 N–H and O–H groups in total. The van der Waals surface area contributed by atoms with Crippen LogP contribution in [0.1, 0.15) is 15.9 Å². The Balaban J connectivity index is 1.74. The molecule has 3 rings (SSSR count). The van der Waals surface area contributed by atoms with E-state index in [1.54, 1.807) is 38.5 Å². The number of carbonyl (C=O) groups excluding carboxylic acids is 1. The van der Waals surface area contributed by atoms with Crippen LogP contribution in [0.25, 0.3) is 6.08 Å². The molecule has 4 heteroatoms. The Morgan fingerprint density at radius 2 is 1.52 bits per heavy atom. The lowest BCUT2D eigenvalue weighted by Crippen LogP contribution is -1.97. The van der Waals surface area contributed by atoms with Crippen LogP contribution in [0, 0.1) is 0 Å². The number of ether oxygens (including phenoxy) is 3. The molecule has 0 amide bonds. The predicted octanol–water partition coefficient (Wildman–Crippen LogP) is 5.39. The largest absolute Gasteiger partial charge is 0.493 e. The highest BCUT2D eigenvalue weighted by Crippen LogP contribution is 2.28. The van der Waals surface area contributed by atoms with Gasteiger partial charge in [-0.1, -0.05) is 36.4 Å². The summed E-state index contributed by atoms with van der Waals surface area (Å²) in [7, 11) is 3.10. The maximum Gasteiger partial charge on any atom is 0.185 e. The van der Waals surface area contributed by atoms with Crippen LogP contribution >= 0.6 is 0 Å². The van der Waals surface area contributed by atoms with Crippen LogP contribution in [0.15, 0.2) is 78.9 Å². The number of carbonyl (C=O) groups is 1. The summed E-state index contributed by atoms with van der Waals surface area (Å²) in [6.07, 6.45) is 3.29. The molecule has 0 unspecified atom stereocenters. The minimum atomic E-state index is -0.120. The molecule has 27 heavy (non-hydrogen) atoms. The molecule has 0 spiro atoms. The smallest absolute Gasteiger partial charge is 0.185 e. The molecule has 0 aliphatic heterocycles. The Kier molecular flexibility index (Phi) is 5.90. The number of hydrogen-bond donors (Lipinski definition) is 0. The fourth-order valence-corrected chi connectivity index (χ4v) is 2.56. The molecular formula is C23H20O4. The quantitative estimate of drug-likeness (QED) is 0.418. The van der Waals surface area contributed by atoms with Crippen LogP contribution in [0.4, 0.5) is 0 Å². The molecule has 0 bridgehead atoms. The predicted molar refractivity (Wildman–Crippen MR) is 106 cm³/mol. The van der Waals surface area contributed by atoms with E-state index in [-0.39, 0.29) is 5.78 Å². The highest BCUT2D eigenvalue weighted by Gasteiger charge is 2.08. The maximum absolute atomic E-state index is 12.4. The lowest BCUT2D eigenvalue weighted by Gasteiger charge is -2.08. The summed E-state index contributed by atoms with van der Waals surface area (Å²) in [4.78, 5) is 12.4. The average molecular weight is 360 g/mol. The number of ketones is 1. The molecule has 3 aromatic rings. The van der Waals surface area contributed by atoms with E-state index < -0.39 is 0 Å². The van der Waals surface area contributed by atoms with Gasteiger partial charge in [-0.3, -0.25) is 4.79 Å². The average Bonchev–Trinajstić information content (AvgIpc) is 2.72. The summed E-state index contributed by atoms with van der Waals surface area (Å²) in [6, 6.07) is 22.2. The van der Waals surface area contributed by atoms with Crippen molar-refractivity contribution in [2.45, 2.75) is 0 Å². The molecule has 0 heterocycles. The van der Waals surface area contributed by atoms with Gasteiger partial charge in [-0.15, -0.1) is 0 Å². The van der Waals surface area contributed by atoms with Crippen molar-refractivity contribution in [3.63, 3.8) is 0 Å². The van der Waals surface area contributed by atoms with Crippen molar-refractivity contribution in [1.82, 2.24) is 0 Å². The van der Waals surface area contributed by atoms with Crippen molar-refractivity contribution in [1.29, 1.82) is 0 Å². The van der Waals surface area contributed by atoms with Gasteiger partial charge in [0, 0.05) is 5.56 Å². The van der Waals surface area contributed by atoms with Crippen LogP contribution in [-0.4, -0.2) is 20.0 Å². The first-order valence-electron chi connectivity index (χ1n) is 8.47. The highest BCUT2D eigenvalue weighted by atomic mass is 16.5. The molecule has 0 atom stereocenters. The standard InChI is InChI=1S/C23H20O4/c1-25-22-14-12-18(16-23(22)26-2)21(24)13-11-17-7-6-10-20(15-17)27-19-8-4-3-5-9-19/h3-16H,1-2H3. The van der Waals surface area contributed by atoms with Crippen molar-refractivity contribution in [2.75, 3.05) is 14.2 Å². The number of methoxy groups -OCH3 is 2. The summed E-state index contributed by atoms with van der Waals surface area (Å²) in [5.41, 5.74) is 1.40. The normalized spacial score (nSPS) is 10.6. The zero-order valence-corrected chi connectivity index (χ0v) is 15.2. The molecule has 0 aliphatic rings. The van der Waals surface area contributed by atoms with Crippen LogP contribution in [-0.2, 0) is 0 Å². The summed E-state index contributed by atoms with van der Waals surface area (Å²) < 4.78 is 16.3. The number of hydrogen-bond acceptors (Lipinski definition) is 4. The van der Waals surface area contributed by atoms with Gasteiger partial charge in [0.15, 0.2) is 17.3 Å². The first-order chi connectivity index (χ1) is 13.2. The second kappa shape index (κ2) is 8.72. The van der Waals surface area contributed by atoms with E-state index in [2.05, 4.69) is 0 Å². The molecule has 4 nitrogen and oxygen atoms in total. The molecule has 0 saturated heterocycles. The van der Waals surface area contributed by atoms with Gasteiger partial charge in [0.05, 0.1) is 14.2 Å². The van der Waals surface area contributed by atoms with Crippen LogP contribution in [0.5, 0.6) is 23.0 Å². The lowest BCUT2D eigenvalue weighted by molar-refractivity contribution is 0.104. The molecule has 3 aromatic carbocycles. The molecular weight excluding hydrogens is 340 g/mol. The van der Waals surface area contributed by atoms with Crippen LogP contribution < -0.4 is 14.2 Å². The summed E-state index contributed by atoms with van der Waals surface area (Å²) in [6.45, 7) is 0. The second-order valence-corrected chi connectivity index (χ2v) is 5.75. The number of rotatable bonds is 7. The topological polar surface area (TPSA) is 44.8 Å². The van der Waals surface area contributed by atoms with Gasteiger partial charge < -0.3 is 14.2 Å². The van der Waals surface area contributed by atoms with Crippen LogP contribution in [0.3, 0.4) is 0 Å². The van der Waals surface area contributed by atoms with Gasteiger partial charge in [0.25, 0.3) is 0 Å². The second-order valence-electron chi connectivity index (χ2n) is 5.75. The zero-order valence-electron chi connectivity index (χ0n) is 15.2. The Bertz CT molecular complexity index is 946. The van der Waals surface area contributed by atoms with E-state index >= 15 is 0 Å². The molecule has 0 saturated carbocycles. The zero-order chi connectivity index (χ0) is 19.1. The van der Waals surface area contributed by atoms with Crippen molar-refractivity contribution in [2.24, 2.45) is 0 Å². The number of benzene rings is 3. The molecule has 0 radical (unpaired) electrons. The molecule has 0 fully saturated rings. The van der Waals surface area contributed by atoms with Crippen LogP contribution in [0.2, 0.25) is 0 Å². The Hall–Kier alpha value is -3.53. The first kappa shape index (κ1) is 18.3. The molecule has 0 aromatic heterocycles. The van der Waals surface area contributed by atoms with Crippen molar-refractivity contribution >= 4 is 11.9 Å². The summed E-state index contributed by atoms with van der Waals surface area (Å²) >= 11 is 0. The minimum absolute atomic E-state index is 0.120. The first-order valence-corrected chi connectivity index (χ1v) is 8.47. The fraction of sp³-hybridized carbons (Fsp3) is 0.0870. The Morgan fingerprint density at radius 3 is 2.26 bits per heavy atom. The van der Waals surface area contributed by atoms with Gasteiger partial charge in [-0.2, -0.15) is 0 Å². The number of allylic oxidation sites excluding steroid dienone is 1. The third-order valence-corrected chi connectivity index (χ3v) is 3.93. The summed E-state index contributed by atoms with van der Waals surface area (Å²) in [5.74, 6) is 2.46. The van der Waals surface area contributed by atoms with E-state index in [4.69, 9.17) is 14.2 Å². The third kappa shape index (κ3) is 4.76. The maximum atomic E-state index is 12.4. The van der Waals surface area contributed by atoms with E-state index in [0.717, 1.165) is 11.3 Å². The van der Waals surface area contributed by atoms with Crippen molar-refractivity contribution in [3.05, 3.63) is 90.0 Å². The highest BCUT2D eigenvalue weighted by molar-refractivity contribution is 6.07. The van der Waals surface area contributed by atoms with Gasteiger partial charge in [-0.25, -0.2) is 0 Å². The Labute approximate surface area is 158 Å². The molecule has 136 valence electrons. The number of para-hydroxylation sites is 1. The minimum Gasteiger partial charge on any atom is -0.493 e. The summed E-state index contributed by atoms with van der Waals surface area (Å²) in [5, 5.41) is 0. The van der Waals surface area contributed by atoms with Gasteiger partial charge in [0.2, 0.25) is 0 Å². The van der Waals surface area contributed by atoms with Crippen molar-refractivity contribution in [3.8, 4) is 23.0 Å². The monoisotopic (exact) mass is 360 g/mol. The lowest BCUT2D eigenvalue weighted by atomic mass is 10.1. The van der Waals surface area contributed by atoms with Gasteiger partial charge in [-0.05, 0) is 54.1 Å². The van der Waals surface area contributed by atoms with E-state index in [1.807, 2.05) is 54.6 Å². The molecule has 0 aliphatic carbocycles. The van der Waals surface area contributed by atoms with E-state index in [9.17, 15) is 4.79 Å². The van der Waals surface area contributed by atoms with E-state index in [0.29, 0.717) is 22.8 Å². The Morgan fingerprint density at radius 1 is 0.778 bits per heavy atom. The van der Waals surface area contributed by atoms with Crippen molar-refractivity contribution < 1.29 is 19.0 Å². The van der Waals surface area contributed by atoms with Gasteiger partial charge in [0.1, 0.15) is 11.5 Å². The fourth-order valence-electron chi connectivity index (χ4n) is 2.56. The SMILES string of the molecule is COc1ccc(C(=O)C=Cc2cccc(Oc3ccccc3)c2)cc1OC. The third-order valence-electron chi connectivity index (χ3n) is 3.93. The van der Waals surface area contributed by atoms with Gasteiger partial charge >= 0.3 is 0 Å².